The molecule has 0 atom stereocenters. The molecule has 5 nitrogen and oxygen atoms in total. The molecule has 0 aliphatic carbocycles. The number of ether oxygens (including phenoxy) is 1. The monoisotopic (exact) mass is 263 g/mol. The van der Waals surface area contributed by atoms with Gasteiger partial charge in [-0.05, 0) is 28.8 Å². The lowest BCUT2D eigenvalue weighted by Gasteiger charge is -2.04. The van der Waals surface area contributed by atoms with Crippen molar-refractivity contribution in [3.63, 3.8) is 0 Å². The highest BCUT2D eigenvalue weighted by Gasteiger charge is 2.05. The quantitative estimate of drug-likeness (QED) is 0.897. The van der Waals surface area contributed by atoms with E-state index in [-0.39, 0.29) is 5.91 Å². The van der Waals surface area contributed by atoms with Crippen LogP contribution in [-0.4, -0.2) is 23.0 Å². The average molecular weight is 263 g/mol. The minimum atomic E-state index is -0.0676. The summed E-state index contributed by atoms with van der Waals surface area (Å²) in [7, 11) is 1.52. The number of methoxy groups -OCH3 is 1. The van der Waals surface area contributed by atoms with Crippen molar-refractivity contribution in [1.29, 1.82) is 0 Å². The smallest absolute Gasteiger partial charge is 0.225 e. The number of hydrogen-bond donors (Lipinski definition) is 1. The van der Waals surface area contributed by atoms with E-state index in [1.54, 1.807) is 17.4 Å². The summed E-state index contributed by atoms with van der Waals surface area (Å²) in [6, 6.07) is 3.61. The van der Waals surface area contributed by atoms with Gasteiger partial charge in [0.15, 0.2) is 0 Å². The van der Waals surface area contributed by atoms with Gasteiger partial charge in [-0.15, -0.1) is 0 Å². The van der Waals surface area contributed by atoms with Gasteiger partial charge in [-0.2, -0.15) is 11.3 Å². The molecule has 94 valence electrons. The maximum atomic E-state index is 11.7. The lowest BCUT2D eigenvalue weighted by molar-refractivity contribution is -0.116. The van der Waals surface area contributed by atoms with Crippen molar-refractivity contribution in [3.05, 3.63) is 34.8 Å². The second-order valence-electron chi connectivity index (χ2n) is 3.63. The molecule has 18 heavy (non-hydrogen) atoms. The number of thiophene rings is 1. The summed E-state index contributed by atoms with van der Waals surface area (Å²) in [4.78, 5) is 19.5. The van der Waals surface area contributed by atoms with Crippen molar-refractivity contribution in [1.82, 2.24) is 9.97 Å². The van der Waals surface area contributed by atoms with Gasteiger partial charge in [-0.3, -0.25) is 4.79 Å². The van der Waals surface area contributed by atoms with Crippen molar-refractivity contribution < 1.29 is 9.53 Å². The van der Waals surface area contributed by atoms with E-state index in [0.717, 1.165) is 6.42 Å². The fourth-order valence-electron chi connectivity index (χ4n) is 1.42. The van der Waals surface area contributed by atoms with Crippen LogP contribution in [0.4, 0.5) is 5.82 Å². The highest BCUT2D eigenvalue weighted by molar-refractivity contribution is 7.07. The zero-order valence-electron chi connectivity index (χ0n) is 9.92. The third-order valence-electron chi connectivity index (χ3n) is 2.34. The number of carbonyl (C=O) groups excluding carboxylic acids is 1. The highest BCUT2D eigenvalue weighted by atomic mass is 32.1. The Hall–Kier alpha value is -1.95. The molecule has 0 unspecified atom stereocenters. The summed E-state index contributed by atoms with van der Waals surface area (Å²) in [5, 5.41) is 6.76. The van der Waals surface area contributed by atoms with E-state index in [4.69, 9.17) is 4.74 Å². The molecule has 0 spiro atoms. The summed E-state index contributed by atoms with van der Waals surface area (Å²) in [5.74, 6) is 0.817. The Balaban J connectivity index is 1.86. The standard InChI is InChI=1S/C12H13N3O2S/c1-17-12-6-10(13-8-14-12)15-11(16)3-2-9-4-5-18-7-9/h4-8H,2-3H2,1H3,(H,13,14,15,16). The zero-order chi connectivity index (χ0) is 12.8. The number of nitrogens with zero attached hydrogens (tertiary/aromatic N) is 2. The molecule has 2 heterocycles. The minimum Gasteiger partial charge on any atom is -0.481 e. The molecule has 0 saturated carbocycles. The van der Waals surface area contributed by atoms with Crippen LogP contribution in [0.15, 0.2) is 29.2 Å². The Labute approximate surface area is 109 Å². The van der Waals surface area contributed by atoms with Gasteiger partial charge in [0.2, 0.25) is 11.8 Å². The van der Waals surface area contributed by atoms with E-state index in [1.165, 1.54) is 19.0 Å². The summed E-state index contributed by atoms with van der Waals surface area (Å²) < 4.78 is 4.95. The van der Waals surface area contributed by atoms with Crippen LogP contribution in [0.2, 0.25) is 0 Å². The Morgan fingerprint density at radius 3 is 3.11 bits per heavy atom. The molecule has 1 amide bonds. The fraction of sp³-hybridized carbons (Fsp3) is 0.250. The number of amides is 1. The summed E-state index contributed by atoms with van der Waals surface area (Å²) in [6.45, 7) is 0. The Kier molecular flexibility index (Phi) is 4.25. The van der Waals surface area contributed by atoms with E-state index < -0.39 is 0 Å². The lowest BCUT2D eigenvalue weighted by Crippen LogP contribution is -2.13. The van der Waals surface area contributed by atoms with Crippen LogP contribution < -0.4 is 10.1 Å². The van der Waals surface area contributed by atoms with Gasteiger partial charge in [-0.25, -0.2) is 9.97 Å². The first-order chi connectivity index (χ1) is 8.78. The van der Waals surface area contributed by atoms with Gasteiger partial charge < -0.3 is 10.1 Å². The van der Waals surface area contributed by atoms with Crippen molar-refractivity contribution in [3.8, 4) is 5.88 Å². The second kappa shape index (κ2) is 6.11. The molecular weight excluding hydrogens is 250 g/mol. The van der Waals surface area contributed by atoms with Crippen molar-refractivity contribution in [2.45, 2.75) is 12.8 Å². The molecule has 0 aromatic carbocycles. The predicted octanol–water partition coefficient (Wildman–Crippen LogP) is 2.12. The molecule has 0 saturated heterocycles. The summed E-state index contributed by atoms with van der Waals surface area (Å²) in [5.41, 5.74) is 1.18. The second-order valence-corrected chi connectivity index (χ2v) is 4.41. The lowest BCUT2D eigenvalue weighted by atomic mass is 10.2. The topological polar surface area (TPSA) is 64.1 Å². The number of rotatable bonds is 5. The molecule has 2 rings (SSSR count). The van der Waals surface area contributed by atoms with Gasteiger partial charge >= 0.3 is 0 Å². The van der Waals surface area contributed by atoms with Crippen LogP contribution >= 0.6 is 11.3 Å². The van der Waals surface area contributed by atoms with Crippen molar-refractivity contribution in [2.75, 3.05) is 12.4 Å². The molecular formula is C12H13N3O2S. The first kappa shape index (κ1) is 12.5. The van der Waals surface area contributed by atoms with Crippen LogP contribution in [0.1, 0.15) is 12.0 Å². The number of hydrogen-bond acceptors (Lipinski definition) is 5. The molecule has 0 radical (unpaired) electrons. The molecule has 2 aromatic heterocycles. The number of aromatic nitrogens is 2. The molecule has 2 aromatic rings. The van der Waals surface area contributed by atoms with Crippen molar-refractivity contribution >= 4 is 23.1 Å². The average Bonchev–Trinajstić information content (AvgIpc) is 2.90. The van der Waals surface area contributed by atoms with E-state index in [0.29, 0.717) is 18.1 Å². The largest absolute Gasteiger partial charge is 0.481 e. The third kappa shape index (κ3) is 3.53. The number of carbonyl (C=O) groups is 1. The highest BCUT2D eigenvalue weighted by Crippen LogP contribution is 2.12. The molecule has 0 bridgehead atoms. The van der Waals surface area contributed by atoms with E-state index in [9.17, 15) is 4.79 Å². The van der Waals surface area contributed by atoms with E-state index >= 15 is 0 Å². The zero-order valence-corrected chi connectivity index (χ0v) is 10.7. The molecule has 1 N–H and O–H groups in total. The van der Waals surface area contributed by atoms with Crippen LogP contribution in [-0.2, 0) is 11.2 Å². The summed E-state index contributed by atoms with van der Waals surface area (Å²) in [6.07, 6.45) is 2.52. The molecule has 6 heteroatoms. The van der Waals surface area contributed by atoms with Gasteiger partial charge in [0.1, 0.15) is 12.1 Å². The number of aryl methyl sites for hydroxylation is 1. The Bertz CT molecular complexity index is 514. The van der Waals surface area contributed by atoms with Crippen LogP contribution in [0.25, 0.3) is 0 Å². The first-order valence-corrected chi connectivity index (χ1v) is 6.39. The van der Waals surface area contributed by atoms with E-state index in [2.05, 4.69) is 15.3 Å². The van der Waals surface area contributed by atoms with Crippen LogP contribution in [0, 0.1) is 0 Å². The third-order valence-corrected chi connectivity index (χ3v) is 3.07. The minimum absolute atomic E-state index is 0.0676. The van der Waals surface area contributed by atoms with Crippen LogP contribution in [0.3, 0.4) is 0 Å². The maximum Gasteiger partial charge on any atom is 0.225 e. The summed E-state index contributed by atoms with van der Waals surface area (Å²) >= 11 is 1.63. The van der Waals surface area contributed by atoms with Gasteiger partial charge in [0.05, 0.1) is 7.11 Å². The molecule has 0 aliphatic heterocycles. The van der Waals surface area contributed by atoms with Gasteiger partial charge in [0, 0.05) is 12.5 Å². The number of nitrogens with one attached hydrogen (secondary N) is 1. The Morgan fingerprint density at radius 1 is 1.50 bits per heavy atom. The Morgan fingerprint density at radius 2 is 2.39 bits per heavy atom. The van der Waals surface area contributed by atoms with Crippen LogP contribution in [0.5, 0.6) is 5.88 Å². The molecule has 0 fully saturated rings. The van der Waals surface area contributed by atoms with E-state index in [1.807, 2.05) is 16.8 Å². The van der Waals surface area contributed by atoms with Gasteiger partial charge in [-0.1, -0.05) is 0 Å². The maximum absolute atomic E-state index is 11.7. The molecule has 0 aliphatic rings. The van der Waals surface area contributed by atoms with Gasteiger partial charge in [0.25, 0.3) is 0 Å². The number of anilines is 1. The first-order valence-electron chi connectivity index (χ1n) is 5.45. The normalized spacial score (nSPS) is 10.1. The van der Waals surface area contributed by atoms with Crippen molar-refractivity contribution in [2.24, 2.45) is 0 Å². The predicted molar refractivity (Wildman–Crippen MR) is 69.9 cm³/mol. The SMILES string of the molecule is COc1cc(NC(=O)CCc2ccsc2)ncn1. The fourth-order valence-corrected chi connectivity index (χ4v) is 2.12.